The summed E-state index contributed by atoms with van der Waals surface area (Å²) in [7, 11) is 0. The third-order valence-corrected chi connectivity index (χ3v) is 4.66. The smallest absolute Gasteiger partial charge is 0.298 e. The van der Waals surface area contributed by atoms with Crippen molar-refractivity contribution in [1.29, 1.82) is 0 Å². The lowest BCUT2D eigenvalue weighted by molar-refractivity contribution is -0.705. The third-order valence-electron chi connectivity index (χ3n) is 3.64. The number of rotatable bonds is 6. The Morgan fingerprint density at radius 2 is 1.85 bits per heavy atom. The predicted octanol–water partition coefficient (Wildman–Crippen LogP) is 1.16. The lowest BCUT2D eigenvalue weighted by atomic mass is 10.2. The number of thioether (sulfide) groups is 1. The molecule has 0 aliphatic rings. The standard InChI is InChI=1S/C18H16N4O4S/c1-11-2-8-14(9-3-11)22-17(18(25)26-21-22)27-10-15(23)20-13-6-4-12(5-7-13)16(19)24/h2-9H,10H2,1H3,(H3-,19,20,21,23,24,25). The van der Waals surface area contributed by atoms with Crippen molar-refractivity contribution in [2.75, 3.05) is 11.1 Å². The van der Waals surface area contributed by atoms with Crippen LogP contribution in [0.5, 0.6) is 5.95 Å². The summed E-state index contributed by atoms with van der Waals surface area (Å²) in [6.07, 6.45) is 0. The molecule has 3 aromatic rings. The maximum absolute atomic E-state index is 12.1. The molecule has 3 N–H and O–H groups in total. The van der Waals surface area contributed by atoms with Gasteiger partial charge in [0.2, 0.25) is 17.5 Å². The van der Waals surface area contributed by atoms with Crippen molar-refractivity contribution in [3.63, 3.8) is 0 Å². The number of benzene rings is 2. The number of nitrogens with zero attached hydrogens (tertiary/aromatic N) is 2. The number of nitrogens with two attached hydrogens (primary N) is 1. The van der Waals surface area contributed by atoms with Gasteiger partial charge in [0, 0.05) is 23.4 Å². The SMILES string of the molecule is Cc1ccc(-[n+]2noc([O-])c2SCC(=O)Nc2ccc(C(N)=O)cc2)cc1. The molecule has 3 rings (SSSR count). The molecule has 0 spiro atoms. The van der Waals surface area contributed by atoms with Gasteiger partial charge in [0.25, 0.3) is 5.03 Å². The lowest BCUT2D eigenvalue weighted by Gasteiger charge is -2.05. The molecule has 2 amide bonds. The maximum atomic E-state index is 12.1. The number of carbonyl (C=O) groups is 2. The van der Waals surface area contributed by atoms with E-state index in [9.17, 15) is 14.7 Å². The van der Waals surface area contributed by atoms with Crippen molar-refractivity contribution in [1.82, 2.24) is 5.27 Å². The highest BCUT2D eigenvalue weighted by molar-refractivity contribution is 7.99. The van der Waals surface area contributed by atoms with E-state index in [1.54, 1.807) is 12.1 Å². The molecule has 0 aliphatic heterocycles. The number of carbonyl (C=O) groups excluding carboxylic acids is 2. The van der Waals surface area contributed by atoms with Crippen LogP contribution in [0.1, 0.15) is 15.9 Å². The first-order valence-electron chi connectivity index (χ1n) is 7.92. The zero-order valence-electron chi connectivity index (χ0n) is 14.3. The number of hydrogen-bond donors (Lipinski definition) is 2. The fraction of sp³-hybridized carbons (Fsp3) is 0.111. The van der Waals surface area contributed by atoms with Gasteiger partial charge in [0.1, 0.15) is 0 Å². The van der Waals surface area contributed by atoms with Crippen molar-refractivity contribution >= 4 is 29.3 Å². The molecule has 2 aromatic carbocycles. The van der Waals surface area contributed by atoms with Gasteiger partial charge >= 0.3 is 0 Å². The minimum Gasteiger partial charge on any atom is -0.538 e. The van der Waals surface area contributed by atoms with Crippen LogP contribution in [0.2, 0.25) is 0 Å². The van der Waals surface area contributed by atoms with Gasteiger partial charge in [-0.2, -0.15) is 0 Å². The minimum absolute atomic E-state index is 0.0140. The van der Waals surface area contributed by atoms with Crippen LogP contribution < -0.4 is 20.8 Å². The van der Waals surface area contributed by atoms with Crippen LogP contribution >= 0.6 is 11.8 Å². The molecule has 8 nitrogen and oxygen atoms in total. The zero-order valence-corrected chi connectivity index (χ0v) is 15.2. The van der Waals surface area contributed by atoms with Gasteiger partial charge in [0.15, 0.2) is 5.95 Å². The van der Waals surface area contributed by atoms with Gasteiger partial charge in [0.05, 0.1) is 11.0 Å². The third kappa shape index (κ3) is 4.45. The van der Waals surface area contributed by atoms with Gasteiger partial charge in [-0.15, -0.1) is 0 Å². The van der Waals surface area contributed by atoms with E-state index in [2.05, 4.69) is 10.6 Å². The molecule has 0 aliphatic carbocycles. The molecule has 9 heteroatoms. The van der Waals surface area contributed by atoms with Crippen molar-refractivity contribution in [3.05, 3.63) is 59.7 Å². The quantitative estimate of drug-likeness (QED) is 0.485. The van der Waals surface area contributed by atoms with E-state index < -0.39 is 11.9 Å². The Hall–Kier alpha value is -3.33. The van der Waals surface area contributed by atoms with E-state index in [0.717, 1.165) is 17.3 Å². The van der Waals surface area contributed by atoms with Crippen LogP contribution in [0.3, 0.4) is 0 Å². The van der Waals surface area contributed by atoms with E-state index in [0.29, 0.717) is 16.9 Å². The number of amides is 2. The minimum atomic E-state index is -0.612. The molecular formula is C18H16N4O4S. The molecule has 0 fully saturated rings. The predicted molar refractivity (Wildman–Crippen MR) is 96.5 cm³/mol. The number of hydrogen-bond acceptors (Lipinski definition) is 6. The molecule has 0 atom stereocenters. The van der Waals surface area contributed by atoms with Gasteiger partial charge in [-0.1, -0.05) is 17.7 Å². The molecule has 1 aromatic heterocycles. The Bertz CT molecular complexity index is 968. The Balaban J connectivity index is 1.66. The molecule has 27 heavy (non-hydrogen) atoms. The second kappa shape index (κ2) is 7.92. The zero-order chi connectivity index (χ0) is 19.4. The summed E-state index contributed by atoms with van der Waals surface area (Å²) in [5, 5.41) is 18.5. The van der Waals surface area contributed by atoms with Crippen LogP contribution in [0.15, 0.2) is 58.1 Å². The van der Waals surface area contributed by atoms with Crippen molar-refractivity contribution in [3.8, 4) is 11.6 Å². The molecule has 138 valence electrons. The highest BCUT2D eigenvalue weighted by Crippen LogP contribution is 2.23. The van der Waals surface area contributed by atoms with Crippen molar-refractivity contribution in [2.24, 2.45) is 5.73 Å². The van der Waals surface area contributed by atoms with E-state index >= 15 is 0 Å². The molecule has 0 radical (unpaired) electrons. The summed E-state index contributed by atoms with van der Waals surface area (Å²) in [5.74, 6) is -1.48. The Kier molecular flexibility index (Phi) is 5.41. The summed E-state index contributed by atoms with van der Waals surface area (Å²) in [5.41, 5.74) is 7.78. The van der Waals surface area contributed by atoms with Crippen molar-refractivity contribution in [2.45, 2.75) is 11.9 Å². The van der Waals surface area contributed by atoms with E-state index in [1.165, 1.54) is 16.8 Å². The van der Waals surface area contributed by atoms with Gasteiger partial charge < -0.3 is 20.7 Å². The van der Waals surface area contributed by atoms with Gasteiger partial charge in [-0.05, 0) is 47.6 Å². The van der Waals surface area contributed by atoms with Crippen LogP contribution in [0.25, 0.3) is 5.69 Å². The first kappa shape index (κ1) is 18.5. The largest absolute Gasteiger partial charge is 0.538 e. The average molecular weight is 384 g/mol. The molecule has 1 heterocycles. The monoisotopic (exact) mass is 384 g/mol. The van der Waals surface area contributed by atoms with E-state index in [-0.39, 0.29) is 16.7 Å². The summed E-state index contributed by atoms with van der Waals surface area (Å²) >= 11 is 1.02. The number of aromatic nitrogens is 2. The molecule has 0 unspecified atom stereocenters. The molecule has 0 saturated carbocycles. The van der Waals surface area contributed by atoms with Crippen LogP contribution in [-0.4, -0.2) is 22.8 Å². The normalized spacial score (nSPS) is 10.6. The fourth-order valence-electron chi connectivity index (χ4n) is 2.26. The Morgan fingerprint density at radius 1 is 1.19 bits per heavy atom. The molecular weight excluding hydrogens is 368 g/mol. The fourth-order valence-corrected chi connectivity index (χ4v) is 3.02. The van der Waals surface area contributed by atoms with Crippen LogP contribution in [0, 0.1) is 6.92 Å². The van der Waals surface area contributed by atoms with E-state index in [4.69, 9.17) is 10.3 Å². The van der Waals surface area contributed by atoms with Gasteiger partial charge in [-0.3, -0.25) is 9.59 Å². The van der Waals surface area contributed by atoms with Crippen molar-refractivity contribution < 1.29 is 23.9 Å². The summed E-state index contributed by atoms with van der Waals surface area (Å²) in [6.45, 7) is 1.95. The summed E-state index contributed by atoms with van der Waals surface area (Å²) in [6, 6.07) is 13.6. The molecule has 0 saturated heterocycles. The second-order valence-corrected chi connectivity index (χ2v) is 6.66. The van der Waals surface area contributed by atoms with Crippen LogP contribution in [-0.2, 0) is 4.79 Å². The lowest BCUT2D eigenvalue weighted by Crippen LogP contribution is -2.35. The highest BCUT2D eigenvalue weighted by Gasteiger charge is 2.22. The average Bonchev–Trinajstić information content (AvgIpc) is 3.01. The first-order valence-corrected chi connectivity index (χ1v) is 8.91. The molecule has 0 bridgehead atoms. The second-order valence-electron chi connectivity index (χ2n) is 5.69. The topological polar surface area (TPSA) is 125 Å². The Morgan fingerprint density at radius 3 is 2.48 bits per heavy atom. The van der Waals surface area contributed by atoms with Crippen LogP contribution in [0.4, 0.5) is 5.69 Å². The number of aryl methyl sites for hydroxylation is 1. The highest BCUT2D eigenvalue weighted by atomic mass is 32.2. The maximum Gasteiger partial charge on any atom is 0.298 e. The number of anilines is 1. The summed E-state index contributed by atoms with van der Waals surface area (Å²) < 4.78 is 6.09. The van der Waals surface area contributed by atoms with Gasteiger partial charge in [-0.25, -0.2) is 0 Å². The first-order chi connectivity index (χ1) is 12.9. The number of nitrogens with one attached hydrogen (secondary N) is 1. The number of primary amides is 1. The Labute approximate surface area is 158 Å². The summed E-state index contributed by atoms with van der Waals surface area (Å²) in [4.78, 5) is 23.2. The van der Waals surface area contributed by atoms with E-state index in [1.807, 2.05) is 31.2 Å².